The van der Waals surface area contributed by atoms with Crippen LogP contribution in [0.25, 0.3) is 11.4 Å². The molecular weight excluding hydrogens is 394 g/mol. The fourth-order valence-electron chi connectivity index (χ4n) is 4.36. The average Bonchev–Trinajstić information content (AvgIpc) is 3.50. The van der Waals surface area contributed by atoms with Crippen molar-refractivity contribution in [1.29, 1.82) is 0 Å². The van der Waals surface area contributed by atoms with Crippen LogP contribution in [-0.2, 0) is 4.79 Å². The number of amides is 1. The fourth-order valence-corrected chi connectivity index (χ4v) is 4.36. The van der Waals surface area contributed by atoms with Gasteiger partial charge in [-0.1, -0.05) is 42.4 Å². The quantitative estimate of drug-likeness (QED) is 0.611. The molecule has 1 atom stereocenters. The molecule has 0 bridgehead atoms. The van der Waals surface area contributed by atoms with Gasteiger partial charge in [0.25, 0.3) is 0 Å². The van der Waals surface area contributed by atoms with Gasteiger partial charge in [-0.25, -0.2) is 0 Å². The molecule has 0 radical (unpaired) electrons. The summed E-state index contributed by atoms with van der Waals surface area (Å²) < 4.78 is 16.4. The van der Waals surface area contributed by atoms with Gasteiger partial charge in [-0.05, 0) is 43.0 Å². The summed E-state index contributed by atoms with van der Waals surface area (Å²) in [6, 6.07) is 15.7. The molecule has 3 heterocycles. The van der Waals surface area contributed by atoms with Gasteiger partial charge < -0.3 is 18.9 Å². The van der Waals surface area contributed by atoms with Crippen molar-refractivity contribution in [2.75, 3.05) is 19.9 Å². The van der Waals surface area contributed by atoms with E-state index in [2.05, 4.69) is 17.1 Å². The Morgan fingerprint density at radius 3 is 2.65 bits per heavy atom. The minimum atomic E-state index is -0.0845. The molecule has 0 aliphatic carbocycles. The Morgan fingerprint density at radius 2 is 1.87 bits per heavy atom. The monoisotopic (exact) mass is 419 g/mol. The van der Waals surface area contributed by atoms with E-state index in [0.29, 0.717) is 30.6 Å². The van der Waals surface area contributed by atoms with Crippen molar-refractivity contribution in [3.63, 3.8) is 0 Å². The minimum Gasteiger partial charge on any atom is -0.454 e. The maximum Gasteiger partial charge on any atom is 0.231 e. The van der Waals surface area contributed by atoms with E-state index in [4.69, 9.17) is 14.0 Å². The molecule has 5 rings (SSSR count). The Bertz CT molecular complexity index is 1060. The molecular formula is C24H25N3O4. The van der Waals surface area contributed by atoms with Crippen LogP contribution in [0, 0.1) is 0 Å². The summed E-state index contributed by atoms with van der Waals surface area (Å²) in [4.78, 5) is 19.7. The average molecular weight is 419 g/mol. The summed E-state index contributed by atoms with van der Waals surface area (Å²) in [5.74, 6) is 2.88. The third kappa shape index (κ3) is 3.87. The Balaban J connectivity index is 1.23. The van der Waals surface area contributed by atoms with Gasteiger partial charge in [-0.3, -0.25) is 4.79 Å². The molecule has 0 saturated carbocycles. The van der Waals surface area contributed by atoms with Crippen molar-refractivity contribution in [1.82, 2.24) is 15.0 Å². The Labute approximate surface area is 181 Å². The molecule has 1 aromatic heterocycles. The molecule has 1 fully saturated rings. The molecule has 2 aliphatic heterocycles. The third-order valence-electron chi connectivity index (χ3n) is 6.14. The first-order chi connectivity index (χ1) is 15.2. The Morgan fingerprint density at radius 1 is 1.10 bits per heavy atom. The number of fused-ring (bicyclic) bond motifs is 1. The van der Waals surface area contributed by atoms with Crippen LogP contribution in [0.3, 0.4) is 0 Å². The molecule has 1 saturated heterocycles. The summed E-state index contributed by atoms with van der Waals surface area (Å²) in [5, 5.41) is 4.16. The van der Waals surface area contributed by atoms with Crippen LogP contribution < -0.4 is 9.47 Å². The number of benzene rings is 2. The largest absolute Gasteiger partial charge is 0.454 e. The SMILES string of the molecule is CC[C@@H](C(=O)N1CCC(c2nc(-c3ccc4c(c3)OCO4)no2)CC1)c1ccccc1. The molecule has 0 N–H and O–H groups in total. The zero-order valence-corrected chi connectivity index (χ0v) is 17.5. The maximum absolute atomic E-state index is 13.1. The van der Waals surface area contributed by atoms with Crippen molar-refractivity contribution in [3.8, 4) is 22.9 Å². The lowest BCUT2D eigenvalue weighted by atomic mass is 9.92. The number of likely N-dealkylation sites (tertiary alicyclic amines) is 1. The van der Waals surface area contributed by atoms with Crippen LogP contribution in [0.4, 0.5) is 0 Å². The van der Waals surface area contributed by atoms with Crippen LogP contribution in [-0.4, -0.2) is 40.8 Å². The second kappa shape index (κ2) is 8.41. The van der Waals surface area contributed by atoms with E-state index >= 15 is 0 Å². The molecule has 1 amide bonds. The van der Waals surface area contributed by atoms with Gasteiger partial charge in [-0.2, -0.15) is 4.98 Å². The number of aromatic nitrogens is 2. The maximum atomic E-state index is 13.1. The molecule has 2 aromatic carbocycles. The number of ether oxygens (including phenoxy) is 2. The zero-order valence-electron chi connectivity index (χ0n) is 17.5. The predicted octanol–water partition coefficient (Wildman–Crippen LogP) is 4.37. The lowest BCUT2D eigenvalue weighted by Gasteiger charge is -2.33. The number of piperidine rings is 1. The molecule has 2 aliphatic rings. The molecule has 7 heteroatoms. The van der Waals surface area contributed by atoms with Gasteiger partial charge in [0.05, 0.1) is 5.92 Å². The van der Waals surface area contributed by atoms with E-state index in [1.54, 1.807) is 0 Å². The minimum absolute atomic E-state index is 0.0845. The normalized spacial score (nSPS) is 17.0. The van der Waals surface area contributed by atoms with E-state index in [1.807, 2.05) is 53.4 Å². The topological polar surface area (TPSA) is 77.7 Å². The first-order valence-corrected chi connectivity index (χ1v) is 10.8. The fraction of sp³-hybridized carbons (Fsp3) is 0.375. The highest BCUT2D eigenvalue weighted by molar-refractivity contribution is 5.83. The summed E-state index contributed by atoms with van der Waals surface area (Å²) in [5.41, 5.74) is 1.92. The van der Waals surface area contributed by atoms with Crippen LogP contribution in [0.5, 0.6) is 11.5 Å². The smallest absolute Gasteiger partial charge is 0.231 e. The van der Waals surface area contributed by atoms with Crippen LogP contribution in [0.1, 0.15) is 49.5 Å². The third-order valence-corrected chi connectivity index (χ3v) is 6.14. The summed E-state index contributed by atoms with van der Waals surface area (Å²) in [7, 11) is 0. The summed E-state index contributed by atoms with van der Waals surface area (Å²) >= 11 is 0. The second-order valence-corrected chi connectivity index (χ2v) is 8.00. The first-order valence-electron chi connectivity index (χ1n) is 10.8. The van der Waals surface area contributed by atoms with Gasteiger partial charge in [0.1, 0.15) is 0 Å². The van der Waals surface area contributed by atoms with Gasteiger partial charge in [0.2, 0.25) is 24.4 Å². The first kappa shape index (κ1) is 19.6. The van der Waals surface area contributed by atoms with Crippen LogP contribution in [0.15, 0.2) is 53.1 Å². The van der Waals surface area contributed by atoms with E-state index in [0.717, 1.165) is 36.1 Å². The number of rotatable bonds is 5. The van der Waals surface area contributed by atoms with Gasteiger partial charge in [-0.15, -0.1) is 0 Å². The standard InChI is InChI=1S/C24H25N3O4/c1-2-19(16-6-4-3-5-7-16)24(28)27-12-10-17(11-13-27)23-25-22(26-31-23)18-8-9-20-21(14-18)30-15-29-20/h3-9,14,17,19H,2,10-13,15H2,1H3/t19-/m1/s1. The highest BCUT2D eigenvalue weighted by Crippen LogP contribution is 2.36. The number of carbonyl (C=O) groups excluding carboxylic acids is 1. The summed E-state index contributed by atoms with van der Waals surface area (Å²) in [6.07, 6.45) is 2.44. The number of hydrogen-bond acceptors (Lipinski definition) is 6. The number of nitrogens with zero attached hydrogens (tertiary/aromatic N) is 3. The highest BCUT2D eigenvalue weighted by atomic mass is 16.7. The van der Waals surface area contributed by atoms with Crippen molar-refractivity contribution >= 4 is 5.91 Å². The molecule has 160 valence electrons. The molecule has 7 nitrogen and oxygen atoms in total. The van der Waals surface area contributed by atoms with Gasteiger partial charge >= 0.3 is 0 Å². The van der Waals surface area contributed by atoms with Crippen molar-refractivity contribution in [3.05, 3.63) is 60.0 Å². The second-order valence-electron chi connectivity index (χ2n) is 8.00. The van der Waals surface area contributed by atoms with E-state index in [-0.39, 0.29) is 24.5 Å². The van der Waals surface area contributed by atoms with E-state index < -0.39 is 0 Å². The van der Waals surface area contributed by atoms with Gasteiger partial charge in [0.15, 0.2) is 11.5 Å². The number of carbonyl (C=O) groups is 1. The van der Waals surface area contributed by atoms with Gasteiger partial charge in [0, 0.05) is 24.6 Å². The number of hydrogen-bond donors (Lipinski definition) is 0. The Hall–Kier alpha value is -3.35. The molecule has 0 unspecified atom stereocenters. The lowest BCUT2D eigenvalue weighted by molar-refractivity contribution is -0.134. The summed E-state index contributed by atoms with van der Waals surface area (Å²) in [6.45, 7) is 3.71. The highest BCUT2D eigenvalue weighted by Gasteiger charge is 2.31. The predicted molar refractivity (Wildman–Crippen MR) is 114 cm³/mol. The van der Waals surface area contributed by atoms with E-state index in [9.17, 15) is 4.79 Å². The molecule has 0 spiro atoms. The molecule has 3 aromatic rings. The van der Waals surface area contributed by atoms with Crippen molar-refractivity contribution in [2.45, 2.75) is 38.0 Å². The Kier molecular flexibility index (Phi) is 5.32. The molecule has 31 heavy (non-hydrogen) atoms. The van der Waals surface area contributed by atoms with E-state index in [1.165, 1.54) is 0 Å². The zero-order chi connectivity index (χ0) is 21.2. The van der Waals surface area contributed by atoms with Crippen molar-refractivity contribution < 1.29 is 18.8 Å². The van der Waals surface area contributed by atoms with Crippen LogP contribution >= 0.6 is 0 Å². The van der Waals surface area contributed by atoms with Crippen LogP contribution in [0.2, 0.25) is 0 Å². The van der Waals surface area contributed by atoms with Crippen molar-refractivity contribution in [2.24, 2.45) is 0 Å². The lowest BCUT2D eigenvalue weighted by Crippen LogP contribution is -2.40.